The van der Waals surface area contributed by atoms with Gasteiger partial charge in [-0.3, -0.25) is 18.7 Å². The van der Waals surface area contributed by atoms with E-state index in [0.717, 1.165) is 10.1 Å². The molecule has 3 rings (SSSR count). The highest BCUT2D eigenvalue weighted by Crippen LogP contribution is 2.20. The fraction of sp³-hybridized carbons (Fsp3) is 0.333. The highest BCUT2D eigenvalue weighted by molar-refractivity contribution is 6.35. The van der Waals surface area contributed by atoms with Crippen molar-refractivity contribution in [3.8, 4) is 0 Å². The number of halogens is 2. The third-order valence-electron chi connectivity index (χ3n) is 4.51. The second kappa shape index (κ2) is 8.20. The maximum absolute atomic E-state index is 12.4. The first-order chi connectivity index (χ1) is 13.3. The largest absolute Gasteiger partial charge is 0.352 e. The molecule has 28 heavy (non-hydrogen) atoms. The summed E-state index contributed by atoms with van der Waals surface area (Å²) in [6, 6.07) is 5.11. The van der Waals surface area contributed by atoms with Crippen LogP contribution in [0.1, 0.15) is 18.4 Å². The third-order valence-corrected chi connectivity index (χ3v) is 5.10. The number of fused-ring (bicyclic) bond motifs is 1. The summed E-state index contributed by atoms with van der Waals surface area (Å²) >= 11 is 11.9. The van der Waals surface area contributed by atoms with Gasteiger partial charge in [-0.15, -0.1) is 0 Å². The van der Waals surface area contributed by atoms with Crippen molar-refractivity contribution in [1.29, 1.82) is 0 Å². The summed E-state index contributed by atoms with van der Waals surface area (Å²) in [5.41, 5.74) is 0.623. The first-order valence-corrected chi connectivity index (χ1v) is 9.36. The summed E-state index contributed by atoms with van der Waals surface area (Å²) in [6.45, 7) is 0.741. The van der Waals surface area contributed by atoms with E-state index >= 15 is 0 Å². The quantitative estimate of drug-likeness (QED) is 0.654. The first-order valence-electron chi connectivity index (χ1n) is 8.61. The molecule has 148 valence electrons. The third kappa shape index (κ3) is 3.98. The summed E-state index contributed by atoms with van der Waals surface area (Å²) in [5, 5.41) is 3.85. The Bertz CT molecular complexity index is 1160. The van der Waals surface area contributed by atoms with Crippen LogP contribution in [0.3, 0.4) is 0 Å². The highest BCUT2D eigenvalue weighted by Gasteiger charge is 2.14. The lowest BCUT2D eigenvalue weighted by Crippen LogP contribution is -2.37. The van der Waals surface area contributed by atoms with Crippen molar-refractivity contribution in [2.75, 3.05) is 0 Å². The lowest BCUT2D eigenvalue weighted by Gasteiger charge is -2.08. The molecular formula is C18H19Cl2N5O3. The molecule has 0 aliphatic heterocycles. The molecule has 0 saturated carbocycles. The molecule has 2 heterocycles. The number of aromatic nitrogens is 4. The van der Waals surface area contributed by atoms with Gasteiger partial charge in [0.25, 0.3) is 5.56 Å². The van der Waals surface area contributed by atoms with Crippen molar-refractivity contribution >= 4 is 40.3 Å². The molecule has 2 aromatic heterocycles. The minimum atomic E-state index is -0.428. The molecular weight excluding hydrogens is 405 g/mol. The minimum Gasteiger partial charge on any atom is -0.352 e. The lowest BCUT2D eigenvalue weighted by atomic mass is 10.2. The van der Waals surface area contributed by atoms with Gasteiger partial charge in [-0.05, 0) is 24.1 Å². The Hall–Kier alpha value is -2.58. The van der Waals surface area contributed by atoms with E-state index in [0.29, 0.717) is 40.7 Å². The number of carbonyl (C=O) groups is 1. The van der Waals surface area contributed by atoms with Gasteiger partial charge in [0.15, 0.2) is 11.2 Å². The van der Waals surface area contributed by atoms with Crippen LogP contribution in [0.4, 0.5) is 0 Å². The van der Waals surface area contributed by atoms with Crippen LogP contribution in [0.5, 0.6) is 0 Å². The van der Waals surface area contributed by atoms with E-state index < -0.39 is 11.2 Å². The molecule has 1 aromatic carbocycles. The number of benzene rings is 1. The Labute approximate surface area is 170 Å². The Balaban J connectivity index is 1.61. The van der Waals surface area contributed by atoms with E-state index in [1.54, 1.807) is 29.8 Å². The zero-order valence-electron chi connectivity index (χ0n) is 15.4. The highest BCUT2D eigenvalue weighted by atomic mass is 35.5. The van der Waals surface area contributed by atoms with E-state index in [2.05, 4.69) is 10.3 Å². The number of carbonyl (C=O) groups excluding carboxylic acids is 1. The van der Waals surface area contributed by atoms with Crippen LogP contribution >= 0.6 is 23.2 Å². The van der Waals surface area contributed by atoms with Crippen molar-refractivity contribution < 1.29 is 4.79 Å². The second-order valence-corrected chi connectivity index (χ2v) is 7.28. The van der Waals surface area contributed by atoms with Crippen molar-refractivity contribution in [2.45, 2.75) is 25.9 Å². The molecule has 0 aliphatic carbocycles. The predicted octanol–water partition coefficient (Wildman–Crippen LogP) is 1.84. The number of nitrogens with one attached hydrogen (secondary N) is 1. The summed E-state index contributed by atoms with van der Waals surface area (Å²) < 4.78 is 4.04. The minimum absolute atomic E-state index is 0.129. The van der Waals surface area contributed by atoms with Crippen molar-refractivity contribution in [3.63, 3.8) is 0 Å². The number of imidazole rings is 1. The number of nitrogens with zero attached hydrogens (tertiary/aromatic N) is 4. The van der Waals surface area contributed by atoms with Gasteiger partial charge in [0.2, 0.25) is 5.91 Å². The van der Waals surface area contributed by atoms with Crippen LogP contribution in [0.25, 0.3) is 11.2 Å². The summed E-state index contributed by atoms with van der Waals surface area (Å²) in [7, 11) is 2.99. The Morgan fingerprint density at radius 3 is 2.64 bits per heavy atom. The maximum Gasteiger partial charge on any atom is 0.332 e. The molecule has 0 aliphatic rings. The van der Waals surface area contributed by atoms with E-state index in [9.17, 15) is 14.4 Å². The van der Waals surface area contributed by atoms with Crippen molar-refractivity contribution in [2.24, 2.45) is 14.1 Å². The number of hydrogen-bond donors (Lipinski definition) is 1. The normalized spacial score (nSPS) is 11.1. The fourth-order valence-corrected chi connectivity index (χ4v) is 3.40. The molecule has 0 radical (unpaired) electrons. The molecule has 3 aromatic rings. The molecule has 1 amide bonds. The van der Waals surface area contributed by atoms with Crippen LogP contribution in [-0.2, 0) is 32.0 Å². The molecule has 0 atom stereocenters. The van der Waals surface area contributed by atoms with Crippen LogP contribution in [-0.4, -0.2) is 24.6 Å². The molecule has 10 heteroatoms. The number of rotatable bonds is 6. The smallest absolute Gasteiger partial charge is 0.332 e. The van der Waals surface area contributed by atoms with Gasteiger partial charge >= 0.3 is 5.69 Å². The standard InChI is InChI=1S/C18H19Cl2N5O3/c1-23-16-15(17(27)24(2)18(23)28)25(10-22-16)7-3-4-14(26)21-9-11-5-6-12(19)8-13(11)20/h5-6,8,10H,3-4,7,9H2,1-2H3,(H,21,26). The number of amides is 1. The molecule has 0 bridgehead atoms. The van der Waals surface area contributed by atoms with Gasteiger partial charge in [0.05, 0.1) is 6.33 Å². The van der Waals surface area contributed by atoms with Gasteiger partial charge in [-0.25, -0.2) is 9.78 Å². The molecule has 0 fully saturated rings. The Kier molecular flexibility index (Phi) is 5.90. The Morgan fingerprint density at radius 2 is 1.93 bits per heavy atom. The molecule has 0 unspecified atom stereocenters. The second-order valence-electron chi connectivity index (χ2n) is 6.43. The summed E-state index contributed by atoms with van der Waals surface area (Å²) in [4.78, 5) is 40.6. The number of aryl methyl sites for hydroxylation is 2. The van der Waals surface area contributed by atoms with Crippen LogP contribution < -0.4 is 16.6 Å². The molecule has 0 saturated heterocycles. The van der Waals surface area contributed by atoms with Gasteiger partial charge in [0, 0.05) is 43.7 Å². The van der Waals surface area contributed by atoms with Gasteiger partial charge < -0.3 is 9.88 Å². The first kappa shape index (κ1) is 20.2. The zero-order chi connectivity index (χ0) is 20.4. The van der Waals surface area contributed by atoms with Gasteiger partial charge in [0.1, 0.15) is 0 Å². The SMILES string of the molecule is Cn1c(=O)c2c(ncn2CCCC(=O)NCc2ccc(Cl)cc2Cl)n(C)c1=O. The van der Waals surface area contributed by atoms with Crippen molar-refractivity contribution in [3.05, 3.63) is 61.0 Å². The Morgan fingerprint density at radius 1 is 1.18 bits per heavy atom. The van der Waals surface area contributed by atoms with Crippen molar-refractivity contribution in [1.82, 2.24) is 24.0 Å². The van der Waals surface area contributed by atoms with Gasteiger partial charge in [-0.2, -0.15) is 0 Å². The lowest BCUT2D eigenvalue weighted by molar-refractivity contribution is -0.121. The predicted molar refractivity (Wildman–Crippen MR) is 108 cm³/mol. The zero-order valence-corrected chi connectivity index (χ0v) is 16.9. The molecule has 8 nitrogen and oxygen atoms in total. The topological polar surface area (TPSA) is 90.9 Å². The summed E-state index contributed by atoms with van der Waals surface area (Å²) in [5.74, 6) is -0.129. The van der Waals surface area contributed by atoms with Crippen LogP contribution in [0.2, 0.25) is 10.0 Å². The van der Waals surface area contributed by atoms with Gasteiger partial charge in [-0.1, -0.05) is 29.3 Å². The average Bonchev–Trinajstić information content (AvgIpc) is 3.08. The van der Waals surface area contributed by atoms with Crippen LogP contribution in [0.15, 0.2) is 34.1 Å². The average molecular weight is 424 g/mol. The number of hydrogen-bond acceptors (Lipinski definition) is 4. The maximum atomic E-state index is 12.4. The summed E-state index contributed by atoms with van der Waals surface area (Å²) in [6.07, 6.45) is 2.30. The molecule has 1 N–H and O–H groups in total. The van der Waals surface area contributed by atoms with E-state index in [4.69, 9.17) is 23.2 Å². The van der Waals surface area contributed by atoms with E-state index in [-0.39, 0.29) is 12.3 Å². The fourth-order valence-electron chi connectivity index (χ4n) is 2.92. The van der Waals surface area contributed by atoms with Crippen LogP contribution in [0, 0.1) is 0 Å². The monoisotopic (exact) mass is 423 g/mol. The van der Waals surface area contributed by atoms with E-state index in [1.807, 2.05) is 0 Å². The van der Waals surface area contributed by atoms with E-state index in [1.165, 1.54) is 17.9 Å². The molecule has 0 spiro atoms.